The van der Waals surface area contributed by atoms with Crippen molar-refractivity contribution in [3.63, 3.8) is 0 Å². The summed E-state index contributed by atoms with van der Waals surface area (Å²) < 4.78 is 19.0. The van der Waals surface area contributed by atoms with Crippen LogP contribution in [-0.2, 0) is 11.3 Å². The third-order valence-electron chi connectivity index (χ3n) is 7.59. The van der Waals surface area contributed by atoms with Crippen LogP contribution in [0.1, 0.15) is 58.3 Å². The fourth-order valence-electron chi connectivity index (χ4n) is 5.64. The maximum atomic E-state index is 13.9. The Labute approximate surface area is 223 Å². The molecule has 1 fully saturated rings. The van der Waals surface area contributed by atoms with E-state index in [1.54, 1.807) is 30.2 Å². The molecule has 0 unspecified atom stereocenters. The van der Waals surface area contributed by atoms with Crippen LogP contribution in [0.2, 0.25) is 0 Å². The van der Waals surface area contributed by atoms with E-state index in [2.05, 4.69) is 10.2 Å². The van der Waals surface area contributed by atoms with Crippen molar-refractivity contribution in [2.45, 2.75) is 37.8 Å². The van der Waals surface area contributed by atoms with E-state index in [9.17, 15) is 14.0 Å². The Kier molecular flexibility index (Phi) is 8.03. The summed E-state index contributed by atoms with van der Waals surface area (Å²) in [5.74, 6) is -0.476. The van der Waals surface area contributed by atoms with E-state index in [1.807, 2.05) is 42.5 Å². The zero-order valence-corrected chi connectivity index (χ0v) is 21.7. The van der Waals surface area contributed by atoms with Crippen LogP contribution in [0.25, 0.3) is 0 Å². The molecule has 198 valence electrons. The molecule has 0 aliphatic carbocycles. The van der Waals surface area contributed by atoms with Gasteiger partial charge in [0.15, 0.2) is 0 Å². The van der Waals surface area contributed by atoms with Gasteiger partial charge in [0.25, 0.3) is 5.91 Å². The second kappa shape index (κ2) is 11.8. The molecule has 6 nitrogen and oxygen atoms in total. The minimum absolute atomic E-state index is 0.101. The van der Waals surface area contributed by atoms with Crippen molar-refractivity contribution >= 4 is 11.8 Å². The van der Waals surface area contributed by atoms with Gasteiger partial charge in [0, 0.05) is 18.7 Å². The number of likely N-dealkylation sites (tertiary alicyclic amines) is 1. The minimum Gasteiger partial charge on any atom is -0.497 e. The van der Waals surface area contributed by atoms with Crippen LogP contribution in [0.15, 0.2) is 72.8 Å². The van der Waals surface area contributed by atoms with Crippen LogP contribution < -0.4 is 10.1 Å². The molecule has 1 N–H and O–H groups in total. The first-order chi connectivity index (χ1) is 18.5. The molecule has 7 heteroatoms. The molecule has 2 heterocycles. The molecule has 5 rings (SSSR count). The lowest BCUT2D eigenvalue weighted by molar-refractivity contribution is -0.124. The summed E-state index contributed by atoms with van der Waals surface area (Å²) in [5.41, 5.74) is 2.89. The van der Waals surface area contributed by atoms with Gasteiger partial charge in [-0.3, -0.25) is 9.59 Å². The summed E-state index contributed by atoms with van der Waals surface area (Å²) in [6.45, 7) is 4.06. The van der Waals surface area contributed by atoms with Crippen molar-refractivity contribution in [1.29, 1.82) is 0 Å². The standard InChI is InChI=1S/C31H34FN3O3/c1-38-25-15-11-23(12-16-25)29-28(30(36)33-17-6-20-34-18-4-5-19-34)26-7-2-3-8-27(26)31(37)35(29)21-22-9-13-24(32)14-10-22/h2-3,7-16,28-29H,4-6,17-21H2,1H3,(H,33,36)/t28-,29-/m1/s1. The van der Waals surface area contributed by atoms with Crippen LogP contribution in [0.5, 0.6) is 5.75 Å². The second-order valence-corrected chi connectivity index (χ2v) is 10.0. The molecule has 2 aliphatic rings. The van der Waals surface area contributed by atoms with Gasteiger partial charge in [-0.05, 0) is 85.9 Å². The zero-order chi connectivity index (χ0) is 26.5. The molecule has 2 atom stereocenters. The van der Waals surface area contributed by atoms with Crippen molar-refractivity contribution in [1.82, 2.24) is 15.1 Å². The Balaban J connectivity index is 1.48. The predicted octanol–water partition coefficient (Wildman–Crippen LogP) is 4.92. The van der Waals surface area contributed by atoms with Crippen LogP contribution in [0.3, 0.4) is 0 Å². The van der Waals surface area contributed by atoms with Gasteiger partial charge in [0.05, 0.1) is 19.1 Å². The average molecular weight is 516 g/mol. The Morgan fingerprint density at radius 1 is 1.00 bits per heavy atom. The van der Waals surface area contributed by atoms with E-state index < -0.39 is 12.0 Å². The number of rotatable bonds is 9. The third kappa shape index (κ3) is 5.58. The normalized spacial score (nSPS) is 19.3. The summed E-state index contributed by atoms with van der Waals surface area (Å²) in [5, 5.41) is 3.17. The molecule has 3 aromatic rings. The number of fused-ring (bicyclic) bond motifs is 1. The number of methoxy groups -OCH3 is 1. The zero-order valence-electron chi connectivity index (χ0n) is 21.7. The number of carbonyl (C=O) groups excluding carboxylic acids is 2. The topological polar surface area (TPSA) is 61.9 Å². The molecule has 0 bridgehead atoms. The molecule has 0 saturated carbocycles. The smallest absolute Gasteiger partial charge is 0.255 e. The van der Waals surface area contributed by atoms with E-state index in [4.69, 9.17) is 4.74 Å². The predicted molar refractivity (Wildman–Crippen MR) is 144 cm³/mol. The van der Waals surface area contributed by atoms with Crippen molar-refractivity contribution in [2.75, 3.05) is 33.3 Å². The summed E-state index contributed by atoms with van der Waals surface area (Å²) in [4.78, 5) is 31.9. The number of carbonyl (C=O) groups is 2. The van der Waals surface area contributed by atoms with Gasteiger partial charge >= 0.3 is 0 Å². The number of hydrogen-bond acceptors (Lipinski definition) is 4. The molecule has 0 spiro atoms. The quantitative estimate of drug-likeness (QED) is 0.411. The number of nitrogens with zero attached hydrogens (tertiary/aromatic N) is 2. The van der Waals surface area contributed by atoms with Crippen LogP contribution in [-0.4, -0.2) is 54.9 Å². The van der Waals surface area contributed by atoms with Crippen molar-refractivity contribution < 1.29 is 18.7 Å². The molecule has 2 aliphatic heterocycles. The molecule has 3 aromatic carbocycles. The SMILES string of the molecule is COc1ccc([C@@H]2[C@H](C(=O)NCCCN3CCCC3)c3ccccc3C(=O)N2Cc2ccc(F)cc2)cc1. The van der Waals surface area contributed by atoms with Crippen molar-refractivity contribution in [3.8, 4) is 5.75 Å². The van der Waals surface area contributed by atoms with E-state index in [-0.39, 0.29) is 24.2 Å². The second-order valence-electron chi connectivity index (χ2n) is 10.0. The summed E-state index contributed by atoms with van der Waals surface area (Å²) in [6, 6.07) is 20.5. The Morgan fingerprint density at radius 3 is 2.42 bits per heavy atom. The van der Waals surface area contributed by atoms with Gasteiger partial charge in [-0.1, -0.05) is 42.5 Å². The van der Waals surface area contributed by atoms with Crippen LogP contribution in [0, 0.1) is 5.82 Å². The number of hydrogen-bond donors (Lipinski definition) is 1. The highest BCUT2D eigenvalue weighted by Crippen LogP contribution is 2.44. The van der Waals surface area contributed by atoms with E-state index >= 15 is 0 Å². The van der Waals surface area contributed by atoms with Gasteiger partial charge in [-0.2, -0.15) is 0 Å². The number of amides is 2. The number of nitrogens with one attached hydrogen (secondary N) is 1. The van der Waals surface area contributed by atoms with Gasteiger partial charge in [-0.25, -0.2) is 4.39 Å². The molecular weight excluding hydrogens is 481 g/mol. The van der Waals surface area contributed by atoms with Gasteiger partial charge in [-0.15, -0.1) is 0 Å². The van der Waals surface area contributed by atoms with Crippen molar-refractivity contribution in [2.24, 2.45) is 0 Å². The fraction of sp³-hybridized carbons (Fsp3) is 0.355. The Morgan fingerprint density at radius 2 is 1.71 bits per heavy atom. The third-order valence-corrected chi connectivity index (χ3v) is 7.59. The van der Waals surface area contributed by atoms with Gasteiger partial charge in [0.2, 0.25) is 5.91 Å². The highest BCUT2D eigenvalue weighted by atomic mass is 19.1. The Hall–Kier alpha value is -3.71. The molecular formula is C31H34FN3O3. The van der Waals surface area contributed by atoms with Crippen molar-refractivity contribution in [3.05, 3.63) is 101 Å². The maximum Gasteiger partial charge on any atom is 0.255 e. The highest BCUT2D eigenvalue weighted by Gasteiger charge is 2.44. The van der Waals surface area contributed by atoms with E-state index in [1.165, 1.54) is 25.0 Å². The van der Waals surface area contributed by atoms with Gasteiger partial charge in [0.1, 0.15) is 11.6 Å². The molecule has 0 radical (unpaired) electrons. The fourth-order valence-corrected chi connectivity index (χ4v) is 5.64. The van der Waals surface area contributed by atoms with Crippen LogP contribution >= 0.6 is 0 Å². The lowest BCUT2D eigenvalue weighted by atomic mass is 9.79. The molecule has 0 aromatic heterocycles. The van der Waals surface area contributed by atoms with Crippen LogP contribution in [0.4, 0.5) is 4.39 Å². The number of benzene rings is 3. The number of halogens is 1. The lowest BCUT2D eigenvalue weighted by Gasteiger charge is -2.42. The first-order valence-electron chi connectivity index (χ1n) is 13.3. The first-order valence-corrected chi connectivity index (χ1v) is 13.3. The molecule has 38 heavy (non-hydrogen) atoms. The summed E-state index contributed by atoms with van der Waals surface area (Å²) in [7, 11) is 1.61. The summed E-state index contributed by atoms with van der Waals surface area (Å²) >= 11 is 0. The molecule has 2 amide bonds. The highest BCUT2D eigenvalue weighted by molar-refractivity contribution is 6.01. The minimum atomic E-state index is -0.593. The number of ether oxygens (including phenoxy) is 1. The van der Waals surface area contributed by atoms with E-state index in [0.29, 0.717) is 17.9 Å². The van der Waals surface area contributed by atoms with Gasteiger partial charge < -0.3 is 19.9 Å². The Bertz CT molecular complexity index is 1260. The monoisotopic (exact) mass is 515 g/mol. The maximum absolute atomic E-state index is 13.9. The summed E-state index contributed by atoms with van der Waals surface area (Å²) in [6.07, 6.45) is 3.37. The lowest BCUT2D eigenvalue weighted by Crippen LogP contribution is -2.47. The molecule has 1 saturated heterocycles. The first kappa shape index (κ1) is 25.9. The largest absolute Gasteiger partial charge is 0.497 e. The van der Waals surface area contributed by atoms with E-state index in [0.717, 1.165) is 42.7 Å². The average Bonchev–Trinajstić information content (AvgIpc) is 3.47.